The summed E-state index contributed by atoms with van der Waals surface area (Å²) in [7, 11) is 0. The van der Waals surface area contributed by atoms with E-state index in [-0.39, 0.29) is 42.3 Å². The fourth-order valence-electron chi connectivity index (χ4n) is 4.41. The van der Waals surface area contributed by atoms with Crippen molar-refractivity contribution in [2.24, 2.45) is 17.8 Å². The Labute approximate surface area is 214 Å². The first-order chi connectivity index (χ1) is 17.2. The zero-order valence-electron chi connectivity index (χ0n) is 22.6. The van der Waals surface area contributed by atoms with Gasteiger partial charge in [0.2, 0.25) is 11.6 Å². The van der Waals surface area contributed by atoms with E-state index in [9.17, 15) is 8.78 Å². The summed E-state index contributed by atoms with van der Waals surface area (Å²) in [5, 5.41) is 0. The number of rotatable bonds is 13. The van der Waals surface area contributed by atoms with Crippen LogP contribution in [0.15, 0.2) is 18.2 Å². The van der Waals surface area contributed by atoms with E-state index in [0.717, 1.165) is 12.3 Å². The third kappa shape index (κ3) is 6.76. The summed E-state index contributed by atoms with van der Waals surface area (Å²) in [5.41, 5.74) is 1.42. The summed E-state index contributed by atoms with van der Waals surface area (Å²) in [5.74, 6) is -1.76. The average Bonchev–Trinajstić information content (AvgIpc) is 2.87. The van der Waals surface area contributed by atoms with Gasteiger partial charge in [-0.25, -0.2) is 4.39 Å². The fourth-order valence-corrected chi connectivity index (χ4v) is 4.41. The van der Waals surface area contributed by atoms with Crippen molar-refractivity contribution in [2.45, 2.75) is 86.2 Å². The van der Waals surface area contributed by atoms with Gasteiger partial charge in [0, 0.05) is 23.5 Å². The lowest BCUT2D eigenvalue weighted by molar-refractivity contribution is 0.000749. The summed E-state index contributed by atoms with van der Waals surface area (Å²) < 4.78 is 61.7. The largest absolute Gasteiger partial charge is 0.490 e. The molecule has 0 fully saturated rings. The zero-order chi connectivity index (χ0) is 26.4. The van der Waals surface area contributed by atoms with E-state index in [2.05, 4.69) is 27.7 Å². The van der Waals surface area contributed by atoms with Gasteiger partial charge in [-0.15, -0.1) is 0 Å². The van der Waals surface area contributed by atoms with Gasteiger partial charge in [0.15, 0.2) is 23.1 Å². The first kappa shape index (κ1) is 28.4. The molecule has 0 amide bonds. The maximum atomic E-state index is 15.2. The standard InChI is InChI=1S/C30H41F3O3/c1-7-9-22-14-24-15-23-12-13-25(27(32)29(23)36-30(24)28(33)26(22)31)35-17-19(4)16-34-21(6)20(5)11-10-18(3)8-2/h12-14,18-21H,7-11,15-17H2,1-6H3. The monoisotopic (exact) mass is 506 g/mol. The molecule has 36 heavy (non-hydrogen) atoms. The predicted molar refractivity (Wildman–Crippen MR) is 138 cm³/mol. The lowest BCUT2D eigenvalue weighted by Crippen LogP contribution is -2.24. The molecule has 4 unspecified atom stereocenters. The first-order valence-electron chi connectivity index (χ1n) is 13.4. The molecule has 0 saturated carbocycles. The van der Waals surface area contributed by atoms with Crippen LogP contribution in [0.4, 0.5) is 13.2 Å². The van der Waals surface area contributed by atoms with Crippen LogP contribution < -0.4 is 9.47 Å². The number of halogens is 3. The van der Waals surface area contributed by atoms with Crippen LogP contribution in [0.1, 0.15) is 83.9 Å². The Hall–Kier alpha value is -2.21. The molecule has 1 aliphatic rings. The van der Waals surface area contributed by atoms with Crippen LogP contribution in [0.25, 0.3) is 0 Å². The third-order valence-corrected chi connectivity index (χ3v) is 7.34. The number of ether oxygens (including phenoxy) is 3. The Kier molecular flexibility index (Phi) is 10.1. The van der Waals surface area contributed by atoms with Crippen molar-refractivity contribution in [3.8, 4) is 17.2 Å². The van der Waals surface area contributed by atoms with E-state index in [1.165, 1.54) is 12.8 Å². The summed E-state index contributed by atoms with van der Waals surface area (Å²) in [6.07, 6.45) is 5.06. The Morgan fingerprint density at radius 2 is 1.58 bits per heavy atom. The number of hydrogen-bond acceptors (Lipinski definition) is 3. The topological polar surface area (TPSA) is 27.7 Å². The van der Waals surface area contributed by atoms with Crippen LogP contribution in [0.2, 0.25) is 0 Å². The number of benzene rings is 2. The molecular weight excluding hydrogens is 465 g/mol. The van der Waals surface area contributed by atoms with Gasteiger partial charge in [-0.1, -0.05) is 59.9 Å². The van der Waals surface area contributed by atoms with Crippen LogP contribution >= 0.6 is 0 Å². The summed E-state index contributed by atoms with van der Waals surface area (Å²) in [6, 6.07) is 4.92. The van der Waals surface area contributed by atoms with Crippen LogP contribution in [-0.4, -0.2) is 19.3 Å². The van der Waals surface area contributed by atoms with Crippen molar-refractivity contribution in [1.82, 2.24) is 0 Å². The summed E-state index contributed by atoms with van der Waals surface area (Å²) in [4.78, 5) is 0. The molecule has 3 rings (SSSR count). The molecule has 6 heteroatoms. The van der Waals surface area contributed by atoms with Crippen LogP contribution in [0.5, 0.6) is 17.2 Å². The van der Waals surface area contributed by atoms with Gasteiger partial charge in [-0.05, 0) is 49.3 Å². The molecule has 0 bridgehead atoms. The highest BCUT2D eigenvalue weighted by Gasteiger charge is 2.28. The summed E-state index contributed by atoms with van der Waals surface area (Å²) >= 11 is 0. The second-order valence-electron chi connectivity index (χ2n) is 10.6. The average molecular weight is 507 g/mol. The molecule has 0 aromatic heterocycles. The van der Waals surface area contributed by atoms with Crippen molar-refractivity contribution in [1.29, 1.82) is 0 Å². The molecule has 1 aliphatic heterocycles. The molecule has 2 aromatic rings. The minimum Gasteiger partial charge on any atom is -0.490 e. The minimum atomic E-state index is -1.06. The van der Waals surface area contributed by atoms with Gasteiger partial charge < -0.3 is 14.2 Å². The van der Waals surface area contributed by atoms with E-state index in [1.807, 2.05) is 13.8 Å². The van der Waals surface area contributed by atoms with E-state index < -0.39 is 17.5 Å². The maximum absolute atomic E-state index is 15.2. The number of fused-ring (bicyclic) bond motifs is 2. The van der Waals surface area contributed by atoms with Crippen molar-refractivity contribution >= 4 is 0 Å². The lowest BCUT2D eigenvalue weighted by Gasteiger charge is -2.24. The van der Waals surface area contributed by atoms with Crippen LogP contribution in [0, 0.1) is 35.2 Å². The molecule has 3 nitrogen and oxygen atoms in total. The fraction of sp³-hybridized carbons (Fsp3) is 0.600. The SMILES string of the molecule is CCCc1cc2c(c(F)c1F)Oc1c(ccc(OCC(C)COC(C)C(C)CCC(C)CC)c1F)C2. The number of hydrogen-bond donors (Lipinski definition) is 0. The Morgan fingerprint density at radius 1 is 0.861 bits per heavy atom. The minimum absolute atomic E-state index is 0.0301. The van der Waals surface area contributed by atoms with E-state index in [1.54, 1.807) is 18.2 Å². The smallest absolute Gasteiger partial charge is 0.207 e. The molecule has 200 valence electrons. The maximum Gasteiger partial charge on any atom is 0.207 e. The summed E-state index contributed by atoms with van der Waals surface area (Å²) in [6.45, 7) is 13.5. The van der Waals surface area contributed by atoms with Crippen molar-refractivity contribution < 1.29 is 27.4 Å². The van der Waals surface area contributed by atoms with E-state index in [0.29, 0.717) is 42.1 Å². The Morgan fingerprint density at radius 3 is 2.28 bits per heavy atom. The van der Waals surface area contributed by atoms with E-state index in [4.69, 9.17) is 14.2 Å². The Balaban J connectivity index is 1.58. The lowest BCUT2D eigenvalue weighted by atomic mass is 9.93. The molecule has 0 N–H and O–H groups in total. The molecule has 0 radical (unpaired) electrons. The molecule has 2 aromatic carbocycles. The van der Waals surface area contributed by atoms with Gasteiger partial charge in [-0.3, -0.25) is 0 Å². The van der Waals surface area contributed by atoms with Crippen LogP contribution in [-0.2, 0) is 17.6 Å². The van der Waals surface area contributed by atoms with Gasteiger partial charge in [0.05, 0.1) is 19.3 Å². The van der Waals surface area contributed by atoms with Gasteiger partial charge in [-0.2, -0.15) is 8.78 Å². The van der Waals surface area contributed by atoms with Crippen molar-refractivity contribution in [2.75, 3.05) is 13.2 Å². The molecule has 0 saturated heterocycles. The second kappa shape index (κ2) is 12.8. The zero-order valence-corrected chi connectivity index (χ0v) is 22.6. The highest BCUT2D eigenvalue weighted by atomic mass is 19.2. The molecular formula is C30H41F3O3. The van der Waals surface area contributed by atoms with Gasteiger partial charge in [0.1, 0.15) is 0 Å². The molecule has 1 heterocycles. The Bertz CT molecular complexity index is 1020. The second-order valence-corrected chi connectivity index (χ2v) is 10.6. The molecule has 0 aliphatic carbocycles. The van der Waals surface area contributed by atoms with Crippen LogP contribution in [0.3, 0.4) is 0 Å². The third-order valence-electron chi connectivity index (χ3n) is 7.34. The predicted octanol–water partition coefficient (Wildman–Crippen LogP) is 8.64. The molecule has 4 atom stereocenters. The number of aryl methyl sites for hydroxylation is 1. The first-order valence-corrected chi connectivity index (χ1v) is 13.4. The van der Waals surface area contributed by atoms with Gasteiger partial charge in [0.25, 0.3) is 0 Å². The van der Waals surface area contributed by atoms with Crippen molar-refractivity contribution in [3.05, 3.63) is 52.3 Å². The van der Waals surface area contributed by atoms with E-state index >= 15 is 4.39 Å². The van der Waals surface area contributed by atoms with Gasteiger partial charge >= 0.3 is 0 Å². The highest BCUT2D eigenvalue weighted by molar-refractivity contribution is 5.54. The highest BCUT2D eigenvalue weighted by Crippen LogP contribution is 2.43. The normalized spacial score (nSPS) is 15.9. The quantitative estimate of drug-likeness (QED) is 0.232. The van der Waals surface area contributed by atoms with Crippen molar-refractivity contribution in [3.63, 3.8) is 0 Å². The molecule has 0 spiro atoms.